The predicted molar refractivity (Wildman–Crippen MR) is 126 cm³/mol. The van der Waals surface area contributed by atoms with Crippen molar-refractivity contribution in [1.82, 2.24) is 0 Å². The first kappa shape index (κ1) is 19.3. The van der Waals surface area contributed by atoms with Crippen molar-refractivity contribution in [2.24, 2.45) is 0 Å². The maximum atomic E-state index is 6.64. The van der Waals surface area contributed by atoms with E-state index in [1.807, 2.05) is 54.6 Å². The van der Waals surface area contributed by atoms with Gasteiger partial charge in [-0.05, 0) is 45.5 Å². The molecule has 0 amide bonds. The Labute approximate surface area is 180 Å². The molecule has 138 valence electrons. The molecular weight excluding hydrogens is 423 g/mol. The number of hydrogen-bond acceptors (Lipinski definition) is 0. The van der Waals surface area contributed by atoms with Gasteiger partial charge in [0.05, 0.1) is 0 Å². The summed E-state index contributed by atoms with van der Waals surface area (Å²) in [6, 6.07) is 31.7. The first-order chi connectivity index (χ1) is 13.5. The van der Waals surface area contributed by atoms with E-state index in [9.17, 15) is 0 Å². The molecule has 0 unspecified atom stereocenters. The van der Waals surface area contributed by atoms with E-state index in [1.165, 1.54) is 0 Å². The van der Waals surface area contributed by atoms with Gasteiger partial charge < -0.3 is 0 Å². The van der Waals surface area contributed by atoms with Crippen molar-refractivity contribution < 1.29 is 0 Å². The zero-order valence-corrected chi connectivity index (χ0v) is 18.2. The molecule has 0 aliphatic rings. The Morgan fingerprint density at radius 2 is 0.786 bits per heavy atom. The van der Waals surface area contributed by atoms with Crippen LogP contribution in [-0.4, -0.2) is 6.00 Å². The van der Waals surface area contributed by atoms with Gasteiger partial charge in [-0.1, -0.05) is 91.0 Å². The summed E-state index contributed by atoms with van der Waals surface area (Å²) in [7, 11) is 0. The lowest BCUT2D eigenvalue weighted by Crippen LogP contribution is -2.34. The van der Waals surface area contributed by atoms with Crippen LogP contribution >= 0.6 is 33.2 Å². The Kier molecular flexibility index (Phi) is 5.61. The fraction of sp³-hybridized carbons (Fsp3) is 0. The molecule has 0 aliphatic carbocycles. The number of hydrogen-bond donors (Lipinski definition) is 0. The van der Waals surface area contributed by atoms with Crippen molar-refractivity contribution in [3.8, 4) is 33.4 Å². The van der Waals surface area contributed by atoms with Gasteiger partial charge >= 0.3 is 6.00 Å². The molecule has 4 rings (SSSR count). The quantitative estimate of drug-likeness (QED) is 0.227. The highest BCUT2D eigenvalue weighted by Gasteiger charge is 2.35. The van der Waals surface area contributed by atoms with Gasteiger partial charge in [0.25, 0.3) is 0 Å². The minimum Gasteiger partial charge on any atom is -0.121 e. The molecule has 0 heterocycles. The van der Waals surface area contributed by atoms with Crippen LogP contribution in [0.5, 0.6) is 0 Å². The van der Waals surface area contributed by atoms with E-state index in [-0.39, 0.29) is 0 Å². The summed E-state index contributed by atoms with van der Waals surface area (Å²) in [4.78, 5) is 0. The van der Waals surface area contributed by atoms with E-state index in [0.717, 1.165) is 38.6 Å². The molecule has 4 aromatic rings. The molecule has 0 spiro atoms. The summed E-state index contributed by atoms with van der Waals surface area (Å²) in [6.07, 6.45) is 0. The second-order valence-electron chi connectivity index (χ2n) is 6.54. The SMILES string of the molecule is Cl[Si](Cl)(Cl)c1c(-c2ccccc2)cc(-c2ccccc2)cc1-c1ccccc1. The molecule has 28 heavy (non-hydrogen) atoms. The van der Waals surface area contributed by atoms with Gasteiger partial charge in [-0.15, -0.1) is 33.2 Å². The van der Waals surface area contributed by atoms with E-state index in [2.05, 4.69) is 48.5 Å². The van der Waals surface area contributed by atoms with Crippen molar-refractivity contribution in [3.63, 3.8) is 0 Å². The smallest absolute Gasteiger partial charge is 0.121 e. The minimum absolute atomic E-state index is 0.828. The first-order valence-electron chi connectivity index (χ1n) is 8.95. The zero-order chi connectivity index (χ0) is 19.6. The van der Waals surface area contributed by atoms with Crippen molar-refractivity contribution in [2.75, 3.05) is 0 Å². The normalized spacial score (nSPS) is 11.4. The number of halogens is 3. The summed E-state index contributed by atoms with van der Waals surface area (Å²) >= 11 is 19.9. The molecule has 0 aliphatic heterocycles. The lowest BCUT2D eigenvalue weighted by atomic mass is 9.93. The highest BCUT2D eigenvalue weighted by molar-refractivity contribution is 7.69. The lowest BCUT2D eigenvalue weighted by molar-refractivity contribution is 1.59. The van der Waals surface area contributed by atoms with Gasteiger partial charge in [0.15, 0.2) is 0 Å². The second kappa shape index (κ2) is 8.14. The van der Waals surface area contributed by atoms with E-state index >= 15 is 0 Å². The molecule has 0 nitrogen and oxygen atoms in total. The third-order valence-electron chi connectivity index (χ3n) is 4.70. The average Bonchev–Trinajstić information content (AvgIpc) is 2.74. The fourth-order valence-corrected chi connectivity index (χ4v) is 6.31. The van der Waals surface area contributed by atoms with Crippen LogP contribution in [0.2, 0.25) is 0 Å². The van der Waals surface area contributed by atoms with Crippen molar-refractivity contribution >= 4 is 44.4 Å². The van der Waals surface area contributed by atoms with E-state index in [1.54, 1.807) is 0 Å². The van der Waals surface area contributed by atoms with Crippen molar-refractivity contribution in [1.29, 1.82) is 0 Å². The Balaban J connectivity index is 2.08. The molecule has 0 saturated heterocycles. The molecule has 0 aromatic heterocycles. The van der Waals surface area contributed by atoms with Crippen LogP contribution in [0.4, 0.5) is 0 Å². The molecule has 0 radical (unpaired) electrons. The van der Waals surface area contributed by atoms with Gasteiger partial charge in [-0.3, -0.25) is 0 Å². The Hall–Kier alpha value is -2.03. The van der Waals surface area contributed by atoms with Gasteiger partial charge in [0.2, 0.25) is 0 Å². The molecule has 4 heteroatoms. The topological polar surface area (TPSA) is 0 Å². The minimum atomic E-state index is -3.20. The number of rotatable bonds is 4. The molecular formula is C24H17Cl3Si. The van der Waals surface area contributed by atoms with Crippen LogP contribution in [0, 0.1) is 0 Å². The Morgan fingerprint density at radius 1 is 0.429 bits per heavy atom. The summed E-state index contributed by atoms with van der Waals surface area (Å²) in [5, 5.41) is 0.828. The van der Waals surface area contributed by atoms with E-state index in [4.69, 9.17) is 33.2 Å². The van der Waals surface area contributed by atoms with Crippen LogP contribution in [0.3, 0.4) is 0 Å². The van der Waals surface area contributed by atoms with E-state index < -0.39 is 6.00 Å². The van der Waals surface area contributed by atoms with Crippen LogP contribution in [0.25, 0.3) is 33.4 Å². The lowest BCUT2D eigenvalue weighted by Gasteiger charge is -2.22. The zero-order valence-electron chi connectivity index (χ0n) is 14.9. The van der Waals surface area contributed by atoms with Crippen molar-refractivity contribution in [2.45, 2.75) is 0 Å². The fourth-order valence-electron chi connectivity index (χ4n) is 3.44. The third kappa shape index (κ3) is 4.04. The second-order valence-corrected chi connectivity index (χ2v) is 14.9. The summed E-state index contributed by atoms with van der Waals surface area (Å²) < 4.78 is 0. The maximum absolute atomic E-state index is 6.64. The summed E-state index contributed by atoms with van der Waals surface area (Å²) in [5.74, 6) is 0. The largest absolute Gasteiger partial charge is 0.374 e. The van der Waals surface area contributed by atoms with Crippen LogP contribution in [0.1, 0.15) is 0 Å². The highest BCUT2D eigenvalue weighted by Crippen LogP contribution is 2.36. The van der Waals surface area contributed by atoms with Gasteiger partial charge in [0.1, 0.15) is 0 Å². The predicted octanol–water partition coefficient (Wildman–Crippen LogP) is 7.55. The molecule has 0 saturated carbocycles. The Bertz CT molecular complexity index is 1010. The molecule has 4 aromatic carbocycles. The summed E-state index contributed by atoms with van der Waals surface area (Å²) in [5.41, 5.74) is 6.29. The molecule has 0 N–H and O–H groups in total. The molecule has 0 atom stereocenters. The van der Waals surface area contributed by atoms with E-state index in [0.29, 0.717) is 0 Å². The van der Waals surface area contributed by atoms with Gasteiger partial charge in [-0.2, -0.15) is 0 Å². The monoisotopic (exact) mass is 438 g/mol. The van der Waals surface area contributed by atoms with Crippen molar-refractivity contribution in [3.05, 3.63) is 103 Å². The third-order valence-corrected chi connectivity index (χ3v) is 7.50. The van der Waals surface area contributed by atoms with Crippen LogP contribution in [0.15, 0.2) is 103 Å². The average molecular weight is 440 g/mol. The molecule has 0 bridgehead atoms. The highest BCUT2D eigenvalue weighted by atomic mass is 35.8. The maximum Gasteiger partial charge on any atom is 0.374 e. The standard InChI is InChI=1S/C24H17Cl3Si/c25-28(26,27)24-22(19-12-6-2-7-13-19)16-21(18-10-4-1-5-11-18)17-23(24)20-14-8-3-9-15-20/h1-17H. The summed E-state index contributed by atoms with van der Waals surface area (Å²) in [6.45, 7) is 0. The van der Waals surface area contributed by atoms with Crippen LogP contribution in [-0.2, 0) is 0 Å². The first-order valence-corrected chi connectivity index (χ1v) is 14.0. The van der Waals surface area contributed by atoms with Gasteiger partial charge in [-0.25, -0.2) is 0 Å². The molecule has 0 fully saturated rings. The Morgan fingerprint density at radius 3 is 1.14 bits per heavy atom. The van der Waals surface area contributed by atoms with Crippen LogP contribution < -0.4 is 5.19 Å². The number of benzene rings is 4. The van der Waals surface area contributed by atoms with Gasteiger partial charge in [0, 0.05) is 5.19 Å².